The summed E-state index contributed by atoms with van der Waals surface area (Å²) in [6.45, 7) is 6.01. The van der Waals surface area contributed by atoms with Crippen molar-refractivity contribution >= 4 is 23.7 Å². The van der Waals surface area contributed by atoms with Crippen molar-refractivity contribution in [1.82, 2.24) is 9.72 Å². The Kier molecular flexibility index (Phi) is 10.3. The van der Waals surface area contributed by atoms with Crippen LogP contribution in [-0.2, 0) is 0 Å². The van der Waals surface area contributed by atoms with E-state index in [0.29, 0.717) is 34.5 Å². The quantitative estimate of drug-likeness (QED) is 0.120. The van der Waals surface area contributed by atoms with Gasteiger partial charge in [0.05, 0.1) is 0 Å². The predicted molar refractivity (Wildman–Crippen MR) is 209 cm³/mol. The van der Waals surface area contributed by atoms with Crippen LogP contribution in [0.5, 0.6) is 34.5 Å². The summed E-state index contributed by atoms with van der Waals surface area (Å²) in [6, 6.07) is 51.5. The van der Waals surface area contributed by atoms with Gasteiger partial charge in [-0.2, -0.15) is 0 Å². The number of nitrogens with zero attached hydrogens (tertiary/aromatic N) is 1. The van der Waals surface area contributed by atoms with E-state index >= 15 is 0 Å². The second-order valence-corrected chi connectivity index (χ2v) is 19.3. The second kappa shape index (κ2) is 15.2. The van der Waals surface area contributed by atoms with Crippen molar-refractivity contribution in [1.29, 1.82) is 0 Å². The number of para-hydroxylation sites is 3. The molecular weight excluding hydrogens is 699 g/mol. The standard InChI is InChI=1S/C39H40N3O6P3/c1-31-16-13-25-37(28-31)46-49(43-34-19-7-4-8-20-34)40-50(44-35-21-9-5-10-22-35,47-38-26-14-17-32(2)29-38)42-51(41-49,45-36-23-11-6-12-24-36)48-39-27-15-18-33(3)30-39/h4-30,40-41,49-50H,1-3H3. The first-order valence-electron chi connectivity index (χ1n) is 16.5. The summed E-state index contributed by atoms with van der Waals surface area (Å²) in [5.74, 6) is 3.24. The van der Waals surface area contributed by atoms with Crippen molar-refractivity contribution in [2.75, 3.05) is 0 Å². The molecule has 0 radical (unpaired) electrons. The Labute approximate surface area is 300 Å². The molecule has 0 saturated heterocycles. The molecule has 1 aliphatic heterocycles. The van der Waals surface area contributed by atoms with Gasteiger partial charge in [0.15, 0.2) is 0 Å². The third-order valence-electron chi connectivity index (χ3n) is 7.57. The van der Waals surface area contributed by atoms with E-state index in [1.54, 1.807) is 0 Å². The number of hydrogen-bond acceptors (Lipinski definition) is 9. The van der Waals surface area contributed by atoms with E-state index in [1.807, 2.05) is 185 Å². The molecule has 0 saturated carbocycles. The van der Waals surface area contributed by atoms with Gasteiger partial charge in [0, 0.05) is 0 Å². The number of aryl methyl sites for hydroxylation is 3. The van der Waals surface area contributed by atoms with E-state index in [9.17, 15) is 0 Å². The first-order valence-corrected chi connectivity index (χ1v) is 21.7. The topological polar surface area (TPSA) is 91.8 Å². The van der Waals surface area contributed by atoms with Gasteiger partial charge in [-0.15, -0.1) is 0 Å². The van der Waals surface area contributed by atoms with E-state index in [4.69, 9.17) is 31.7 Å². The van der Waals surface area contributed by atoms with Crippen LogP contribution >= 0.6 is 23.7 Å². The number of hydrogen-bond donors (Lipinski definition) is 2. The van der Waals surface area contributed by atoms with E-state index in [-0.39, 0.29) is 0 Å². The van der Waals surface area contributed by atoms with Gasteiger partial charge in [0.25, 0.3) is 0 Å². The van der Waals surface area contributed by atoms with Gasteiger partial charge in [-0.1, -0.05) is 0 Å². The van der Waals surface area contributed by atoms with E-state index < -0.39 is 23.7 Å². The molecule has 0 bridgehead atoms. The summed E-state index contributed by atoms with van der Waals surface area (Å²) in [4.78, 5) is 7.24. The van der Waals surface area contributed by atoms with Crippen molar-refractivity contribution in [3.8, 4) is 34.5 Å². The van der Waals surface area contributed by atoms with Gasteiger partial charge in [-0.05, 0) is 0 Å². The average molecular weight is 740 g/mol. The normalized spacial score (nSPS) is 18.6. The average Bonchev–Trinajstić information content (AvgIpc) is 3.09. The maximum absolute atomic E-state index is 7.01. The minimum absolute atomic E-state index is 0.521. The van der Waals surface area contributed by atoms with Gasteiger partial charge in [0.1, 0.15) is 0 Å². The molecule has 2 N–H and O–H groups in total. The fourth-order valence-corrected chi connectivity index (χ4v) is 16.9. The van der Waals surface area contributed by atoms with E-state index in [1.165, 1.54) is 0 Å². The van der Waals surface area contributed by atoms with Crippen LogP contribution in [0.1, 0.15) is 16.7 Å². The zero-order chi connectivity index (χ0) is 35.2. The monoisotopic (exact) mass is 739 g/mol. The van der Waals surface area contributed by atoms with Crippen LogP contribution < -0.4 is 36.9 Å². The van der Waals surface area contributed by atoms with Crippen LogP contribution in [0.2, 0.25) is 0 Å². The molecule has 0 aromatic heterocycles. The SMILES string of the molecule is Cc1cccc(OP2(Oc3ccccc3)=N[PH](Oc3ccccc3)(Oc3cccc(C)c3)N[PH](Oc3ccccc3)(Oc3cccc(C)c3)N2)c1. The molecule has 0 amide bonds. The molecule has 9 nitrogen and oxygen atoms in total. The molecule has 0 spiro atoms. The van der Waals surface area contributed by atoms with Crippen molar-refractivity contribution < 1.29 is 27.1 Å². The number of benzene rings is 6. The molecule has 7 rings (SSSR count). The summed E-state index contributed by atoms with van der Waals surface area (Å²) in [5, 5.41) is 0. The third kappa shape index (κ3) is 8.90. The van der Waals surface area contributed by atoms with Crippen LogP contribution in [0.25, 0.3) is 0 Å². The Bertz CT molecular complexity index is 2150. The van der Waals surface area contributed by atoms with Crippen LogP contribution in [0.15, 0.2) is 168 Å². The third-order valence-corrected chi connectivity index (χ3v) is 17.5. The van der Waals surface area contributed by atoms with Gasteiger partial charge in [0.2, 0.25) is 0 Å². The number of rotatable bonds is 12. The fraction of sp³-hybridized carbons (Fsp3) is 0.0769. The van der Waals surface area contributed by atoms with Crippen LogP contribution in [0, 0.1) is 20.8 Å². The molecule has 6 aromatic rings. The second-order valence-electron chi connectivity index (χ2n) is 12.0. The molecule has 6 aromatic carbocycles. The molecule has 0 aliphatic carbocycles. The summed E-state index contributed by atoms with van der Waals surface area (Å²) in [7, 11) is -12.0. The molecule has 1 atom stereocenters. The molecule has 0 fully saturated rings. The van der Waals surface area contributed by atoms with Crippen molar-refractivity contribution in [3.63, 3.8) is 0 Å². The zero-order valence-corrected chi connectivity index (χ0v) is 31.3. The zero-order valence-electron chi connectivity index (χ0n) is 28.4. The fourth-order valence-electron chi connectivity index (χ4n) is 5.41. The Hall–Kier alpha value is -4.87. The van der Waals surface area contributed by atoms with Crippen molar-refractivity contribution in [2.24, 2.45) is 4.52 Å². The Morgan fingerprint density at radius 2 is 0.824 bits per heavy atom. The number of nitrogens with one attached hydrogen (secondary N) is 2. The van der Waals surface area contributed by atoms with Gasteiger partial charge >= 0.3 is 301 Å². The molecule has 1 heterocycles. The summed E-state index contributed by atoms with van der Waals surface area (Å²) < 4.78 is 47.2. The van der Waals surface area contributed by atoms with Gasteiger partial charge < -0.3 is 0 Å². The Morgan fingerprint density at radius 1 is 0.431 bits per heavy atom. The summed E-state index contributed by atoms with van der Waals surface area (Å²) >= 11 is 0. The molecule has 12 heteroatoms. The van der Waals surface area contributed by atoms with Crippen LogP contribution in [0.4, 0.5) is 0 Å². The maximum atomic E-state index is 7.01. The Morgan fingerprint density at radius 3 is 1.37 bits per heavy atom. The molecule has 1 unspecified atom stereocenters. The van der Waals surface area contributed by atoms with Crippen molar-refractivity contribution in [2.45, 2.75) is 20.8 Å². The minimum atomic E-state index is -4.18. The van der Waals surface area contributed by atoms with Crippen LogP contribution in [-0.4, -0.2) is 0 Å². The van der Waals surface area contributed by atoms with Crippen molar-refractivity contribution in [3.05, 3.63) is 180 Å². The van der Waals surface area contributed by atoms with Crippen LogP contribution in [0.3, 0.4) is 0 Å². The molecule has 1 aliphatic rings. The van der Waals surface area contributed by atoms with Gasteiger partial charge in [-0.25, -0.2) is 0 Å². The van der Waals surface area contributed by atoms with E-state index in [2.05, 4.69) is 9.72 Å². The Balaban J connectivity index is 1.50. The first kappa shape index (κ1) is 34.6. The van der Waals surface area contributed by atoms with Gasteiger partial charge in [-0.3, -0.25) is 0 Å². The molecule has 262 valence electrons. The molecule has 51 heavy (non-hydrogen) atoms. The van der Waals surface area contributed by atoms with E-state index in [0.717, 1.165) is 16.7 Å². The predicted octanol–water partition coefficient (Wildman–Crippen LogP) is 11.3. The summed E-state index contributed by atoms with van der Waals surface area (Å²) in [6.07, 6.45) is 0. The first-order chi connectivity index (χ1) is 24.8. The molecular formula is C39H40N3O6P3. The summed E-state index contributed by atoms with van der Waals surface area (Å²) in [5.41, 5.74) is 3.01.